The van der Waals surface area contributed by atoms with Gasteiger partial charge in [-0.05, 0) is 14.0 Å². The first-order chi connectivity index (χ1) is 7.47. The molecule has 0 heterocycles. The first-order valence-corrected chi connectivity index (χ1v) is 4.84. The maximum Gasteiger partial charge on any atom is 0.375 e. The predicted octanol–water partition coefficient (Wildman–Crippen LogP) is -0.0389. The van der Waals surface area contributed by atoms with Crippen LogP contribution in [0.5, 0.6) is 0 Å². The summed E-state index contributed by atoms with van der Waals surface area (Å²) in [7, 11) is 3.19. The standard InChI is InChI=1S/C10H17NO5/c1-8(12)4-5-9(13)10(14)16-7-11(2)6-15-3/h4-7H2,1-3H3. The van der Waals surface area contributed by atoms with Gasteiger partial charge in [-0.2, -0.15) is 0 Å². The Labute approximate surface area is 94.5 Å². The lowest BCUT2D eigenvalue weighted by atomic mass is 10.2. The number of carbonyl (C=O) groups is 3. The van der Waals surface area contributed by atoms with Crippen LogP contribution in [0.3, 0.4) is 0 Å². The Morgan fingerprint density at radius 1 is 1.12 bits per heavy atom. The van der Waals surface area contributed by atoms with Gasteiger partial charge < -0.3 is 14.3 Å². The molecule has 0 saturated carbocycles. The second kappa shape index (κ2) is 7.95. The van der Waals surface area contributed by atoms with Crippen LogP contribution >= 0.6 is 0 Å². The molecule has 16 heavy (non-hydrogen) atoms. The van der Waals surface area contributed by atoms with Gasteiger partial charge >= 0.3 is 5.97 Å². The van der Waals surface area contributed by atoms with E-state index in [1.807, 2.05) is 0 Å². The molecular formula is C10H17NO5. The van der Waals surface area contributed by atoms with Gasteiger partial charge in [-0.25, -0.2) is 4.79 Å². The molecule has 0 aromatic rings. The number of ketones is 2. The van der Waals surface area contributed by atoms with Crippen molar-refractivity contribution in [3.8, 4) is 0 Å². The summed E-state index contributed by atoms with van der Waals surface area (Å²) in [5, 5.41) is 0. The van der Waals surface area contributed by atoms with Crippen molar-refractivity contribution in [1.82, 2.24) is 4.90 Å². The Hall–Kier alpha value is -1.27. The number of Topliss-reactive ketones (excluding diaryl/α,β-unsaturated/α-hetero) is 2. The Balaban J connectivity index is 3.79. The zero-order chi connectivity index (χ0) is 12.6. The highest BCUT2D eigenvalue weighted by Crippen LogP contribution is 1.95. The summed E-state index contributed by atoms with van der Waals surface area (Å²) in [6.07, 6.45) is -0.0238. The van der Waals surface area contributed by atoms with E-state index in [4.69, 9.17) is 9.47 Å². The summed E-state index contributed by atoms with van der Waals surface area (Å²) in [5.41, 5.74) is 0. The fraction of sp³-hybridized carbons (Fsp3) is 0.700. The minimum absolute atomic E-state index is 0.0154. The molecule has 0 unspecified atom stereocenters. The highest BCUT2D eigenvalue weighted by atomic mass is 16.6. The van der Waals surface area contributed by atoms with Crippen LogP contribution in [0.2, 0.25) is 0 Å². The number of nitrogens with zero attached hydrogens (tertiary/aromatic N) is 1. The molecular weight excluding hydrogens is 214 g/mol. The predicted molar refractivity (Wildman–Crippen MR) is 55.5 cm³/mol. The summed E-state index contributed by atoms with van der Waals surface area (Å²) in [6, 6.07) is 0. The normalized spacial score (nSPS) is 10.2. The van der Waals surface area contributed by atoms with E-state index in [0.29, 0.717) is 6.73 Å². The van der Waals surface area contributed by atoms with Gasteiger partial charge in [0.25, 0.3) is 0 Å². The number of carbonyl (C=O) groups excluding carboxylic acids is 3. The fourth-order valence-corrected chi connectivity index (χ4v) is 0.899. The van der Waals surface area contributed by atoms with E-state index in [-0.39, 0.29) is 25.4 Å². The minimum Gasteiger partial charge on any atom is -0.444 e. The van der Waals surface area contributed by atoms with Gasteiger partial charge in [-0.1, -0.05) is 0 Å². The first kappa shape index (κ1) is 14.7. The smallest absolute Gasteiger partial charge is 0.375 e. The first-order valence-electron chi connectivity index (χ1n) is 4.84. The zero-order valence-electron chi connectivity index (χ0n) is 9.82. The van der Waals surface area contributed by atoms with Gasteiger partial charge in [0.15, 0.2) is 0 Å². The highest BCUT2D eigenvalue weighted by Gasteiger charge is 2.16. The number of ether oxygens (including phenoxy) is 2. The molecule has 92 valence electrons. The largest absolute Gasteiger partial charge is 0.444 e. The van der Waals surface area contributed by atoms with Crippen molar-refractivity contribution in [3.05, 3.63) is 0 Å². The maximum atomic E-state index is 11.1. The van der Waals surface area contributed by atoms with E-state index in [1.54, 1.807) is 11.9 Å². The molecule has 0 fully saturated rings. The fourth-order valence-electron chi connectivity index (χ4n) is 0.899. The number of hydrogen-bond acceptors (Lipinski definition) is 6. The molecule has 0 radical (unpaired) electrons. The van der Waals surface area contributed by atoms with Crippen LogP contribution in [0.15, 0.2) is 0 Å². The van der Waals surface area contributed by atoms with Crippen molar-refractivity contribution in [2.45, 2.75) is 19.8 Å². The average Bonchev–Trinajstić information content (AvgIpc) is 2.22. The summed E-state index contributed by atoms with van der Waals surface area (Å²) in [5.74, 6) is -1.72. The molecule has 6 nitrogen and oxygen atoms in total. The van der Waals surface area contributed by atoms with Crippen LogP contribution in [-0.2, 0) is 23.9 Å². The second-order valence-electron chi connectivity index (χ2n) is 3.46. The molecule has 0 N–H and O–H groups in total. The third-order valence-electron chi connectivity index (χ3n) is 1.70. The molecule has 0 rings (SSSR count). The van der Waals surface area contributed by atoms with Crippen molar-refractivity contribution in [2.24, 2.45) is 0 Å². The van der Waals surface area contributed by atoms with Crippen molar-refractivity contribution < 1.29 is 23.9 Å². The SMILES string of the molecule is COCN(C)COC(=O)C(=O)CCC(C)=O. The lowest BCUT2D eigenvalue weighted by Crippen LogP contribution is -2.28. The number of rotatable bonds is 8. The van der Waals surface area contributed by atoms with Crippen molar-refractivity contribution in [3.63, 3.8) is 0 Å². The van der Waals surface area contributed by atoms with E-state index in [2.05, 4.69) is 0 Å². The topological polar surface area (TPSA) is 72.9 Å². The number of methoxy groups -OCH3 is 1. The molecule has 6 heteroatoms. The maximum absolute atomic E-state index is 11.1. The van der Waals surface area contributed by atoms with Crippen molar-refractivity contribution in [2.75, 3.05) is 27.6 Å². The Kier molecular flexibility index (Phi) is 7.32. The Morgan fingerprint density at radius 3 is 2.25 bits per heavy atom. The van der Waals surface area contributed by atoms with Crippen molar-refractivity contribution in [1.29, 1.82) is 0 Å². The molecule has 0 aromatic carbocycles. The van der Waals surface area contributed by atoms with E-state index in [9.17, 15) is 14.4 Å². The third-order valence-corrected chi connectivity index (χ3v) is 1.70. The van der Waals surface area contributed by atoms with Gasteiger partial charge in [-0.15, -0.1) is 0 Å². The monoisotopic (exact) mass is 231 g/mol. The van der Waals surface area contributed by atoms with Crippen molar-refractivity contribution >= 4 is 17.5 Å². The van der Waals surface area contributed by atoms with Crippen LogP contribution in [0.1, 0.15) is 19.8 Å². The van der Waals surface area contributed by atoms with Crippen LogP contribution < -0.4 is 0 Å². The third kappa shape index (κ3) is 7.08. The molecule has 0 aliphatic carbocycles. The molecule has 0 saturated heterocycles. The van der Waals surface area contributed by atoms with Crippen LogP contribution in [0.4, 0.5) is 0 Å². The highest BCUT2D eigenvalue weighted by molar-refractivity contribution is 6.33. The van der Waals surface area contributed by atoms with Gasteiger partial charge in [0.05, 0.1) is 0 Å². The van der Waals surface area contributed by atoms with Crippen LogP contribution in [0.25, 0.3) is 0 Å². The van der Waals surface area contributed by atoms with Crippen LogP contribution in [0, 0.1) is 0 Å². The average molecular weight is 231 g/mol. The van der Waals surface area contributed by atoms with E-state index < -0.39 is 11.8 Å². The Morgan fingerprint density at radius 2 is 1.75 bits per heavy atom. The molecule has 0 spiro atoms. The zero-order valence-corrected chi connectivity index (χ0v) is 9.82. The van der Waals surface area contributed by atoms with Gasteiger partial charge in [-0.3, -0.25) is 9.69 Å². The second-order valence-corrected chi connectivity index (χ2v) is 3.46. The summed E-state index contributed by atoms with van der Waals surface area (Å²) < 4.78 is 9.48. The van der Waals surface area contributed by atoms with Gasteiger partial charge in [0, 0.05) is 20.0 Å². The van der Waals surface area contributed by atoms with Gasteiger partial charge in [0.2, 0.25) is 5.78 Å². The molecule has 0 amide bonds. The molecule has 0 bridgehead atoms. The van der Waals surface area contributed by atoms with E-state index >= 15 is 0 Å². The quantitative estimate of drug-likeness (QED) is 0.331. The summed E-state index contributed by atoms with van der Waals surface area (Å²) in [4.78, 5) is 34.4. The van der Waals surface area contributed by atoms with Crippen LogP contribution in [-0.4, -0.2) is 50.1 Å². The molecule has 0 aliphatic heterocycles. The molecule has 0 aliphatic rings. The summed E-state index contributed by atoms with van der Waals surface area (Å²) in [6.45, 7) is 1.65. The number of esters is 1. The lowest BCUT2D eigenvalue weighted by Gasteiger charge is -2.14. The minimum atomic E-state index is -0.913. The number of hydrogen-bond donors (Lipinski definition) is 0. The van der Waals surface area contributed by atoms with E-state index in [0.717, 1.165) is 0 Å². The lowest BCUT2D eigenvalue weighted by molar-refractivity contribution is -0.158. The van der Waals surface area contributed by atoms with E-state index in [1.165, 1.54) is 14.0 Å². The molecule has 0 atom stereocenters. The molecule has 0 aromatic heterocycles. The van der Waals surface area contributed by atoms with Gasteiger partial charge in [0.1, 0.15) is 19.2 Å². The Bertz CT molecular complexity index is 264. The summed E-state index contributed by atoms with van der Waals surface area (Å²) >= 11 is 0.